The molecule has 0 saturated heterocycles. The molecule has 0 aromatic heterocycles. The number of esters is 1. The number of aryl methyl sites for hydroxylation is 1. The van der Waals surface area contributed by atoms with Crippen molar-refractivity contribution in [2.45, 2.75) is 37.7 Å². The molecule has 0 heterocycles. The van der Waals surface area contributed by atoms with E-state index in [-0.39, 0.29) is 23.7 Å². The van der Waals surface area contributed by atoms with Crippen molar-refractivity contribution in [1.29, 1.82) is 0 Å². The van der Waals surface area contributed by atoms with Gasteiger partial charge in [0.05, 0.1) is 34.2 Å². The van der Waals surface area contributed by atoms with E-state index in [9.17, 15) is 17.8 Å². The van der Waals surface area contributed by atoms with Crippen molar-refractivity contribution < 1.29 is 31.4 Å². The molecule has 3 atom stereocenters. The van der Waals surface area contributed by atoms with E-state index in [0.717, 1.165) is 11.1 Å². The normalized spacial score (nSPS) is 13.8. The van der Waals surface area contributed by atoms with Gasteiger partial charge in [-0.15, -0.1) is 0 Å². The molecule has 0 aliphatic carbocycles. The molecule has 0 spiro atoms. The van der Waals surface area contributed by atoms with E-state index in [1.54, 1.807) is 26.0 Å². The predicted molar refractivity (Wildman–Crippen MR) is 120 cm³/mol. The summed E-state index contributed by atoms with van der Waals surface area (Å²) in [5.74, 6) is -1.11. The number of ether oxygens (including phenoxy) is 2. The van der Waals surface area contributed by atoms with E-state index in [1.165, 1.54) is 6.07 Å². The first-order valence-corrected chi connectivity index (χ1v) is 12.7. The second kappa shape index (κ2) is 12.0. The first kappa shape index (κ1) is 25.1. The van der Waals surface area contributed by atoms with Gasteiger partial charge in [0, 0.05) is 5.66 Å². The van der Waals surface area contributed by atoms with Crippen LogP contribution in [0.2, 0.25) is 0 Å². The van der Waals surface area contributed by atoms with Crippen molar-refractivity contribution in [1.82, 2.24) is 0 Å². The van der Waals surface area contributed by atoms with Crippen LogP contribution in [0.3, 0.4) is 0 Å². The fraction of sp³-hybridized carbons (Fsp3) is 0.409. The van der Waals surface area contributed by atoms with Crippen LogP contribution in [-0.4, -0.2) is 39.9 Å². The first-order valence-electron chi connectivity index (χ1n) is 10.1. The Morgan fingerprint density at radius 3 is 2.39 bits per heavy atom. The minimum Gasteiger partial charge on any atom is -0.492 e. The summed E-state index contributed by atoms with van der Waals surface area (Å²) in [6.07, 6.45) is 0.276. The number of rotatable bonds is 12. The lowest BCUT2D eigenvalue weighted by Gasteiger charge is -2.22. The summed E-state index contributed by atoms with van der Waals surface area (Å²) in [6, 6.07) is 13.9. The Morgan fingerprint density at radius 1 is 1.06 bits per heavy atom. The number of hydrogen-bond donors (Lipinski definition) is 0. The monoisotopic (exact) mass is 468 g/mol. The summed E-state index contributed by atoms with van der Waals surface area (Å²) in [7, 11) is -5.68. The maximum atomic E-state index is 12.8. The molecule has 0 fully saturated rings. The van der Waals surface area contributed by atoms with Gasteiger partial charge in [0.1, 0.15) is 10.6 Å². The van der Waals surface area contributed by atoms with Gasteiger partial charge in [0.2, 0.25) is 0 Å². The minimum absolute atomic E-state index is 0.102. The highest BCUT2D eigenvalue weighted by Gasteiger charge is 2.32. The number of carbonyl (C=O) groups is 1. The zero-order valence-electron chi connectivity index (χ0n) is 17.9. The Morgan fingerprint density at radius 2 is 1.77 bits per heavy atom. The highest BCUT2D eigenvalue weighted by molar-refractivity contribution is 7.86. The number of carbonyl (C=O) groups excluding carboxylic acids is 1. The molecular weight excluding hydrogens is 439 g/mol. The van der Waals surface area contributed by atoms with Crippen molar-refractivity contribution in [3.05, 3.63) is 59.7 Å². The van der Waals surface area contributed by atoms with Crippen LogP contribution < -0.4 is 4.74 Å². The van der Waals surface area contributed by atoms with Crippen LogP contribution >= 0.6 is 8.46 Å². The number of benzene rings is 2. The molecule has 0 aliphatic heterocycles. The van der Waals surface area contributed by atoms with Gasteiger partial charge in [-0.3, -0.25) is 8.98 Å². The maximum absolute atomic E-state index is 12.8. The third-order valence-corrected chi connectivity index (χ3v) is 6.99. The molecule has 3 unspecified atom stereocenters. The molecule has 31 heavy (non-hydrogen) atoms. The zero-order valence-corrected chi connectivity index (χ0v) is 19.9. The third kappa shape index (κ3) is 7.20. The van der Waals surface area contributed by atoms with E-state index in [4.69, 9.17) is 13.7 Å². The van der Waals surface area contributed by atoms with Crippen molar-refractivity contribution in [2.24, 2.45) is 5.92 Å². The molecule has 9 heteroatoms. The smallest absolute Gasteiger partial charge is 0.310 e. The van der Waals surface area contributed by atoms with E-state index in [2.05, 4.69) is 0 Å². The van der Waals surface area contributed by atoms with Gasteiger partial charge in [0.25, 0.3) is 0 Å². The average molecular weight is 469 g/mol. The Bertz CT molecular complexity index is 977. The van der Waals surface area contributed by atoms with Gasteiger partial charge in [-0.1, -0.05) is 36.4 Å². The molecule has 0 aliphatic rings. The molecule has 0 bridgehead atoms. The summed E-state index contributed by atoms with van der Waals surface area (Å²) in [4.78, 5) is 12.4. The van der Waals surface area contributed by atoms with Crippen molar-refractivity contribution >= 4 is 24.5 Å². The molecule has 7 nitrogen and oxygen atoms in total. The Hall–Kier alpha value is -2.15. The van der Waals surface area contributed by atoms with Crippen LogP contribution in [0.1, 0.15) is 25.0 Å². The van der Waals surface area contributed by atoms with Crippen LogP contribution in [0.5, 0.6) is 5.75 Å². The zero-order chi connectivity index (χ0) is 22.9. The molecule has 0 amide bonds. The topological polar surface area (TPSA) is 96.0 Å². The minimum atomic E-state index is -4.18. The summed E-state index contributed by atoms with van der Waals surface area (Å²) < 4.78 is 53.5. The maximum Gasteiger partial charge on any atom is 0.310 e. The fourth-order valence-electron chi connectivity index (χ4n) is 3.10. The second-order valence-corrected chi connectivity index (χ2v) is 9.68. The van der Waals surface area contributed by atoms with E-state index in [1.807, 2.05) is 37.3 Å². The van der Waals surface area contributed by atoms with Gasteiger partial charge in [-0.05, 0) is 50.5 Å². The van der Waals surface area contributed by atoms with Gasteiger partial charge in [0.15, 0.2) is 0 Å². The summed E-state index contributed by atoms with van der Waals surface area (Å²) in [5, 5.41) is 0. The second-order valence-electron chi connectivity index (χ2n) is 6.97. The quantitative estimate of drug-likeness (QED) is 0.267. The van der Waals surface area contributed by atoms with Gasteiger partial charge >= 0.3 is 16.1 Å². The molecule has 0 saturated carbocycles. The first-order chi connectivity index (χ1) is 14.8. The largest absolute Gasteiger partial charge is 0.492 e. The van der Waals surface area contributed by atoms with E-state index < -0.39 is 42.7 Å². The van der Waals surface area contributed by atoms with Crippen LogP contribution in [0, 0.1) is 12.8 Å². The van der Waals surface area contributed by atoms with E-state index in [0.29, 0.717) is 6.61 Å². The highest BCUT2D eigenvalue weighted by atomic mass is 32.2. The van der Waals surface area contributed by atoms with E-state index >= 15 is 0 Å². The average Bonchev–Trinajstić information content (AvgIpc) is 2.74. The standard InChI is InChI=1S/C22H29O7PS/c1-4-27-19-13-16(3)11-12-21(19)31(25,26)29-15-20(30-24)18(22(23)28-5-2)14-17-9-7-6-8-10-17/h6-13,18,20H,4-5,14-15,30H2,1-3H3. The lowest BCUT2D eigenvalue weighted by Crippen LogP contribution is -2.32. The third-order valence-electron chi connectivity index (χ3n) is 4.66. The molecule has 2 aromatic rings. The van der Waals surface area contributed by atoms with Crippen molar-refractivity contribution in [3.63, 3.8) is 0 Å². The fourth-order valence-corrected chi connectivity index (χ4v) is 4.96. The van der Waals surface area contributed by atoms with Gasteiger partial charge in [-0.2, -0.15) is 8.42 Å². The SMILES string of the molecule is CCOC(=O)C(Cc1ccccc1)C(COS(=O)(=O)c1ccc(C)cc1OCC)[PH2]=O. The molecular formula is C22H29O7PS. The van der Waals surface area contributed by atoms with Crippen molar-refractivity contribution in [2.75, 3.05) is 19.8 Å². The lowest BCUT2D eigenvalue weighted by molar-refractivity contribution is -0.148. The van der Waals surface area contributed by atoms with Gasteiger partial charge < -0.3 is 14.0 Å². The van der Waals surface area contributed by atoms with Crippen LogP contribution in [0.15, 0.2) is 53.4 Å². The van der Waals surface area contributed by atoms with Crippen LogP contribution in [0.4, 0.5) is 0 Å². The Kier molecular flexibility index (Phi) is 9.75. The predicted octanol–water partition coefficient (Wildman–Crippen LogP) is 3.65. The van der Waals surface area contributed by atoms with Crippen LogP contribution in [-0.2, 0) is 34.8 Å². The van der Waals surface area contributed by atoms with Crippen LogP contribution in [0.25, 0.3) is 0 Å². The summed E-state index contributed by atoms with van der Waals surface area (Å²) in [6.45, 7) is 5.34. The molecule has 170 valence electrons. The molecule has 0 radical (unpaired) electrons. The molecule has 2 aromatic carbocycles. The summed E-state index contributed by atoms with van der Waals surface area (Å²) >= 11 is 0. The molecule has 2 rings (SSSR count). The lowest BCUT2D eigenvalue weighted by atomic mass is 9.96. The number of hydrogen-bond acceptors (Lipinski definition) is 7. The highest BCUT2D eigenvalue weighted by Crippen LogP contribution is 2.29. The Labute approximate surface area is 185 Å². The van der Waals surface area contributed by atoms with Gasteiger partial charge in [-0.25, -0.2) is 0 Å². The Balaban J connectivity index is 2.24. The summed E-state index contributed by atoms with van der Waals surface area (Å²) in [5.41, 5.74) is 0.906. The molecule has 0 N–H and O–H groups in total. The van der Waals surface area contributed by atoms with Crippen molar-refractivity contribution in [3.8, 4) is 5.75 Å².